The summed E-state index contributed by atoms with van der Waals surface area (Å²) in [5.74, 6) is -0.547. The highest BCUT2D eigenvalue weighted by molar-refractivity contribution is 5.78. The normalized spacial score (nSPS) is 34.7. The molecule has 6 heteroatoms. The second-order valence-corrected chi connectivity index (χ2v) is 6.98. The van der Waals surface area contributed by atoms with Crippen molar-refractivity contribution in [1.82, 2.24) is 9.80 Å². The molecule has 0 unspecified atom stereocenters. The Kier molecular flexibility index (Phi) is 4.21. The van der Waals surface area contributed by atoms with E-state index >= 15 is 0 Å². The first-order valence-electron chi connectivity index (χ1n) is 8.23. The third kappa shape index (κ3) is 2.77. The van der Waals surface area contributed by atoms with Crippen LogP contribution in [0.25, 0.3) is 0 Å². The molecular weight excluding hydrogens is 300 g/mol. The summed E-state index contributed by atoms with van der Waals surface area (Å²) < 4.78 is 33.4. The molecule has 3 atom stereocenters. The number of hydrogen-bond acceptors (Lipinski definition) is 4. The van der Waals surface area contributed by atoms with E-state index < -0.39 is 12.0 Å². The van der Waals surface area contributed by atoms with E-state index in [1.54, 1.807) is 0 Å². The Hall–Kier alpha value is -1.43. The number of halogens is 2. The fraction of sp³-hybridized carbons (Fsp3) is 0.706. The van der Waals surface area contributed by atoms with Gasteiger partial charge in [-0.2, -0.15) is 4.99 Å². The maximum Gasteiger partial charge on any atom is 0.292 e. The van der Waals surface area contributed by atoms with Crippen molar-refractivity contribution in [3.63, 3.8) is 0 Å². The number of ether oxygens (including phenoxy) is 1. The summed E-state index contributed by atoms with van der Waals surface area (Å²) in [7, 11) is 1.88. The maximum atomic E-state index is 13.8. The van der Waals surface area contributed by atoms with Crippen LogP contribution in [0.2, 0.25) is 0 Å². The van der Waals surface area contributed by atoms with Gasteiger partial charge in [-0.1, -0.05) is 6.58 Å². The van der Waals surface area contributed by atoms with Crippen molar-refractivity contribution in [2.45, 2.75) is 50.9 Å². The zero-order valence-electron chi connectivity index (χ0n) is 14.1. The number of aliphatic imine (C=N–C) groups is 1. The van der Waals surface area contributed by atoms with Crippen LogP contribution >= 0.6 is 0 Å². The molecule has 3 heterocycles. The standard InChI is InChI=1S/C17H25F2N3O/c1-11-13(3)21(4)16(20-15(11)12(2)18)23-10-17-6-5-7-22(17)9-14(19)8-17/h13-14H,2,5-10H2,1,3-4H3/t13-,14+,17-/m0/s1. The van der Waals surface area contributed by atoms with Crippen molar-refractivity contribution >= 4 is 6.02 Å². The highest BCUT2D eigenvalue weighted by Crippen LogP contribution is 2.40. The predicted molar refractivity (Wildman–Crippen MR) is 86.6 cm³/mol. The van der Waals surface area contributed by atoms with E-state index in [4.69, 9.17) is 4.74 Å². The van der Waals surface area contributed by atoms with E-state index in [1.807, 2.05) is 25.8 Å². The molecule has 0 aliphatic carbocycles. The van der Waals surface area contributed by atoms with Gasteiger partial charge >= 0.3 is 0 Å². The van der Waals surface area contributed by atoms with Crippen LogP contribution in [0, 0.1) is 0 Å². The number of alkyl halides is 1. The van der Waals surface area contributed by atoms with Gasteiger partial charge in [0.05, 0.1) is 11.6 Å². The number of likely N-dealkylation sites (N-methyl/N-ethyl adjacent to an activating group) is 1. The molecule has 4 nitrogen and oxygen atoms in total. The Balaban J connectivity index is 1.77. The van der Waals surface area contributed by atoms with Crippen LogP contribution in [0.4, 0.5) is 8.78 Å². The number of nitrogens with zero attached hydrogens (tertiary/aromatic N) is 3. The molecule has 0 aromatic rings. The zero-order valence-corrected chi connectivity index (χ0v) is 14.1. The molecule has 3 aliphatic heterocycles. The number of hydrogen-bond donors (Lipinski definition) is 0. The highest BCUT2D eigenvalue weighted by atomic mass is 19.1. The summed E-state index contributed by atoms with van der Waals surface area (Å²) in [6, 6.07) is 0.375. The summed E-state index contributed by atoms with van der Waals surface area (Å²) in [4.78, 5) is 8.38. The van der Waals surface area contributed by atoms with Gasteiger partial charge in [0, 0.05) is 20.0 Å². The minimum absolute atomic E-state index is 0.0142. The molecule has 23 heavy (non-hydrogen) atoms. The van der Waals surface area contributed by atoms with Crippen LogP contribution in [-0.2, 0) is 4.74 Å². The lowest BCUT2D eigenvalue weighted by atomic mass is 9.95. The molecule has 0 spiro atoms. The molecule has 0 aromatic carbocycles. The fourth-order valence-electron chi connectivity index (χ4n) is 3.97. The van der Waals surface area contributed by atoms with Crippen molar-refractivity contribution in [2.75, 3.05) is 26.7 Å². The van der Waals surface area contributed by atoms with Gasteiger partial charge in [-0.3, -0.25) is 4.90 Å². The Bertz CT molecular complexity index is 574. The molecule has 0 bridgehead atoms. The summed E-state index contributed by atoms with van der Waals surface area (Å²) >= 11 is 0. The number of fused-ring (bicyclic) bond motifs is 1. The summed E-state index contributed by atoms with van der Waals surface area (Å²) in [6.45, 7) is 9.00. The first-order valence-corrected chi connectivity index (χ1v) is 8.23. The lowest BCUT2D eigenvalue weighted by Gasteiger charge is -2.36. The van der Waals surface area contributed by atoms with Crippen LogP contribution in [0.5, 0.6) is 0 Å². The fourth-order valence-corrected chi connectivity index (χ4v) is 3.97. The molecule has 0 aromatic heterocycles. The topological polar surface area (TPSA) is 28.1 Å². The average molecular weight is 325 g/mol. The van der Waals surface area contributed by atoms with Gasteiger partial charge in [-0.05, 0) is 38.8 Å². The van der Waals surface area contributed by atoms with Crippen LogP contribution in [0.15, 0.2) is 28.7 Å². The third-order valence-corrected chi connectivity index (χ3v) is 5.58. The SMILES string of the molecule is C=C(F)C1=C(C)[C@H](C)N(C)C(OC[C@@]23CCCN2C[C@H](F)C3)=N1. The minimum atomic E-state index is -0.785. The van der Waals surface area contributed by atoms with Crippen LogP contribution in [-0.4, -0.2) is 60.3 Å². The van der Waals surface area contributed by atoms with Crippen molar-refractivity contribution in [3.05, 3.63) is 23.7 Å². The van der Waals surface area contributed by atoms with Gasteiger partial charge in [-0.15, -0.1) is 0 Å². The van der Waals surface area contributed by atoms with E-state index in [0.717, 1.165) is 25.0 Å². The number of amidine groups is 1. The highest BCUT2D eigenvalue weighted by Gasteiger charge is 2.49. The average Bonchev–Trinajstić information content (AvgIpc) is 2.99. The second-order valence-electron chi connectivity index (χ2n) is 6.98. The van der Waals surface area contributed by atoms with E-state index in [2.05, 4.69) is 16.5 Å². The van der Waals surface area contributed by atoms with E-state index in [0.29, 0.717) is 25.6 Å². The van der Waals surface area contributed by atoms with Crippen LogP contribution < -0.4 is 0 Å². The van der Waals surface area contributed by atoms with E-state index in [9.17, 15) is 8.78 Å². The van der Waals surface area contributed by atoms with Gasteiger partial charge in [0.2, 0.25) is 0 Å². The lowest BCUT2D eigenvalue weighted by Crippen LogP contribution is -2.46. The number of allylic oxidation sites excluding steroid dienone is 1. The molecule has 0 amide bonds. The molecule has 0 radical (unpaired) electrons. The first kappa shape index (κ1) is 16.4. The Morgan fingerprint density at radius 2 is 2.26 bits per heavy atom. The maximum absolute atomic E-state index is 13.8. The summed E-state index contributed by atoms with van der Waals surface area (Å²) in [6.07, 6.45) is 1.74. The summed E-state index contributed by atoms with van der Waals surface area (Å²) in [5, 5.41) is 0. The Morgan fingerprint density at radius 1 is 1.52 bits per heavy atom. The van der Waals surface area contributed by atoms with Crippen molar-refractivity contribution in [2.24, 2.45) is 4.99 Å². The van der Waals surface area contributed by atoms with Gasteiger partial charge in [0.15, 0.2) is 0 Å². The molecular formula is C17H25F2N3O. The van der Waals surface area contributed by atoms with E-state index in [1.165, 1.54) is 0 Å². The lowest BCUT2D eigenvalue weighted by molar-refractivity contribution is 0.0914. The molecule has 3 aliphatic rings. The molecule has 128 valence electrons. The summed E-state index contributed by atoms with van der Waals surface area (Å²) in [5.41, 5.74) is 0.869. The molecule has 2 saturated heterocycles. The largest absolute Gasteiger partial charge is 0.463 e. The molecule has 0 saturated carbocycles. The van der Waals surface area contributed by atoms with Crippen molar-refractivity contribution < 1.29 is 13.5 Å². The van der Waals surface area contributed by atoms with E-state index in [-0.39, 0.29) is 17.3 Å². The van der Waals surface area contributed by atoms with Crippen molar-refractivity contribution in [3.8, 4) is 0 Å². The smallest absolute Gasteiger partial charge is 0.292 e. The van der Waals surface area contributed by atoms with Crippen LogP contribution in [0.3, 0.4) is 0 Å². The Morgan fingerprint density at radius 3 is 2.96 bits per heavy atom. The van der Waals surface area contributed by atoms with Crippen molar-refractivity contribution in [1.29, 1.82) is 0 Å². The minimum Gasteiger partial charge on any atom is -0.463 e. The van der Waals surface area contributed by atoms with Gasteiger partial charge in [0.1, 0.15) is 24.3 Å². The monoisotopic (exact) mass is 325 g/mol. The number of rotatable bonds is 3. The first-order chi connectivity index (χ1) is 10.8. The van der Waals surface area contributed by atoms with Crippen LogP contribution in [0.1, 0.15) is 33.1 Å². The Labute approximate surface area is 136 Å². The van der Waals surface area contributed by atoms with Gasteiger partial charge < -0.3 is 9.64 Å². The zero-order chi connectivity index (χ0) is 16.8. The molecule has 0 N–H and O–H groups in total. The molecule has 3 rings (SSSR count). The molecule has 2 fully saturated rings. The predicted octanol–water partition coefficient (Wildman–Crippen LogP) is 3.03. The third-order valence-electron chi connectivity index (χ3n) is 5.58. The second kappa shape index (κ2) is 5.89. The van der Waals surface area contributed by atoms with Gasteiger partial charge in [0.25, 0.3) is 6.02 Å². The quantitative estimate of drug-likeness (QED) is 0.798. The van der Waals surface area contributed by atoms with Gasteiger partial charge in [-0.25, -0.2) is 8.78 Å².